The Morgan fingerprint density at radius 2 is 1.60 bits per heavy atom. The number of hydrogen-bond acceptors (Lipinski definition) is 2. The largest absolute Gasteiger partial charge is 0.493 e. The number of ether oxygens (including phenoxy) is 2. The molecule has 15 heavy (non-hydrogen) atoms. The third-order valence-electron chi connectivity index (χ3n) is 1.60. The molecule has 0 aliphatic carbocycles. The van der Waals surface area contributed by atoms with Gasteiger partial charge in [-0.05, 0) is 17.7 Å². The second-order valence-corrected chi connectivity index (χ2v) is 3.30. The van der Waals surface area contributed by atoms with Crippen LogP contribution in [0.3, 0.4) is 0 Å². The van der Waals surface area contributed by atoms with Gasteiger partial charge in [-0.25, -0.2) is 0 Å². The van der Waals surface area contributed by atoms with Crippen LogP contribution in [0, 0.1) is 0 Å². The van der Waals surface area contributed by atoms with Crippen molar-refractivity contribution in [3.05, 3.63) is 23.8 Å². The van der Waals surface area contributed by atoms with E-state index in [-0.39, 0.29) is 0 Å². The molecule has 86 valence electrons. The standard InChI is InChI=1S/C9H11ClO2.C3H8/c1-11-8-4-3-7(6-10)5-9(8)12-2;1-3-2/h3-5H,6H2,1-2H3;3H2,1-2H3. The molecule has 0 aliphatic heterocycles. The van der Waals surface area contributed by atoms with Gasteiger partial charge in [-0.1, -0.05) is 26.3 Å². The van der Waals surface area contributed by atoms with Crippen LogP contribution in [0.1, 0.15) is 25.8 Å². The van der Waals surface area contributed by atoms with Crippen LogP contribution in [0.2, 0.25) is 0 Å². The molecule has 1 aromatic rings. The molecule has 0 atom stereocenters. The molecule has 1 aromatic carbocycles. The van der Waals surface area contributed by atoms with E-state index in [4.69, 9.17) is 21.1 Å². The van der Waals surface area contributed by atoms with E-state index in [0.29, 0.717) is 5.88 Å². The van der Waals surface area contributed by atoms with Gasteiger partial charge >= 0.3 is 0 Å². The Hall–Kier alpha value is -0.890. The smallest absolute Gasteiger partial charge is 0.161 e. The van der Waals surface area contributed by atoms with Crippen molar-refractivity contribution in [2.75, 3.05) is 14.2 Å². The van der Waals surface area contributed by atoms with E-state index in [0.717, 1.165) is 17.1 Å². The molecule has 3 heteroatoms. The van der Waals surface area contributed by atoms with Gasteiger partial charge in [0.1, 0.15) is 0 Å². The van der Waals surface area contributed by atoms with Crippen LogP contribution >= 0.6 is 11.6 Å². The van der Waals surface area contributed by atoms with E-state index in [1.807, 2.05) is 18.2 Å². The maximum atomic E-state index is 5.66. The van der Waals surface area contributed by atoms with Gasteiger partial charge in [0.2, 0.25) is 0 Å². The predicted molar refractivity (Wildman–Crippen MR) is 65.1 cm³/mol. The number of alkyl halides is 1. The molecule has 1 rings (SSSR count). The van der Waals surface area contributed by atoms with Gasteiger partial charge in [-0.15, -0.1) is 11.6 Å². The van der Waals surface area contributed by atoms with Crippen LogP contribution in [0.4, 0.5) is 0 Å². The summed E-state index contributed by atoms with van der Waals surface area (Å²) in [6.07, 6.45) is 1.25. The Morgan fingerprint density at radius 1 is 1.07 bits per heavy atom. The summed E-state index contributed by atoms with van der Waals surface area (Å²) in [4.78, 5) is 0. The molecular weight excluding hydrogens is 212 g/mol. The molecular formula is C12H19ClO2. The van der Waals surface area contributed by atoms with E-state index in [1.54, 1.807) is 14.2 Å². The van der Waals surface area contributed by atoms with Crippen molar-refractivity contribution < 1.29 is 9.47 Å². The van der Waals surface area contributed by atoms with Crippen LogP contribution in [-0.4, -0.2) is 14.2 Å². The lowest BCUT2D eigenvalue weighted by molar-refractivity contribution is 0.354. The fraction of sp³-hybridized carbons (Fsp3) is 0.500. The van der Waals surface area contributed by atoms with Gasteiger partial charge in [-0.2, -0.15) is 0 Å². The van der Waals surface area contributed by atoms with Crippen LogP contribution < -0.4 is 9.47 Å². The van der Waals surface area contributed by atoms with E-state index in [1.165, 1.54) is 6.42 Å². The van der Waals surface area contributed by atoms with Crippen molar-refractivity contribution in [2.24, 2.45) is 0 Å². The van der Waals surface area contributed by atoms with E-state index in [2.05, 4.69) is 13.8 Å². The lowest BCUT2D eigenvalue weighted by atomic mass is 10.2. The Kier molecular flexibility index (Phi) is 7.92. The third-order valence-corrected chi connectivity index (χ3v) is 1.91. The lowest BCUT2D eigenvalue weighted by Gasteiger charge is -2.07. The number of methoxy groups -OCH3 is 2. The molecule has 0 aromatic heterocycles. The summed E-state index contributed by atoms with van der Waals surface area (Å²) in [7, 11) is 3.22. The van der Waals surface area contributed by atoms with E-state index < -0.39 is 0 Å². The summed E-state index contributed by atoms with van der Waals surface area (Å²) in [6.45, 7) is 4.25. The maximum absolute atomic E-state index is 5.66. The van der Waals surface area contributed by atoms with Crippen molar-refractivity contribution in [1.29, 1.82) is 0 Å². The van der Waals surface area contributed by atoms with Gasteiger partial charge in [0, 0.05) is 5.88 Å². The molecule has 0 N–H and O–H groups in total. The first-order valence-corrected chi connectivity index (χ1v) is 5.53. The van der Waals surface area contributed by atoms with Crippen molar-refractivity contribution in [1.82, 2.24) is 0 Å². The molecule has 2 nitrogen and oxygen atoms in total. The minimum Gasteiger partial charge on any atom is -0.493 e. The highest BCUT2D eigenvalue weighted by atomic mass is 35.5. The predicted octanol–water partition coefficient (Wildman–Crippen LogP) is 3.86. The normalized spacial score (nSPS) is 8.87. The molecule has 0 saturated heterocycles. The highest BCUT2D eigenvalue weighted by molar-refractivity contribution is 6.17. The molecule has 0 bridgehead atoms. The average molecular weight is 231 g/mol. The molecule has 0 amide bonds. The Morgan fingerprint density at radius 3 is 2.00 bits per heavy atom. The van der Waals surface area contributed by atoms with Crippen molar-refractivity contribution in [3.63, 3.8) is 0 Å². The van der Waals surface area contributed by atoms with Crippen LogP contribution in [-0.2, 0) is 5.88 Å². The minimum atomic E-state index is 0.486. The zero-order valence-corrected chi connectivity index (χ0v) is 10.6. The topological polar surface area (TPSA) is 18.5 Å². The van der Waals surface area contributed by atoms with E-state index >= 15 is 0 Å². The van der Waals surface area contributed by atoms with Crippen LogP contribution in [0.15, 0.2) is 18.2 Å². The molecule has 0 unspecified atom stereocenters. The van der Waals surface area contributed by atoms with Crippen LogP contribution in [0.25, 0.3) is 0 Å². The monoisotopic (exact) mass is 230 g/mol. The summed E-state index contributed by atoms with van der Waals surface area (Å²) in [5.41, 5.74) is 1.02. The summed E-state index contributed by atoms with van der Waals surface area (Å²) in [5, 5.41) is 0. The highest BCUT2D eigenvalue weighted by Gasteiger charge is 2.02. The molecule has 0 saturated carbocycles. The first-order chi connectivity index (χ1) is 7.23. The zero-order valence-electron chi connectivity index (χ0n) is 9.84. The van der Waals surface area contributed by atoms with Crippen molar-refractivity contribution in [2.45, 2.75) is 26.1 Å². The van der Waals surface area contributed by atoms with Gasteiger partial charge in [0.05, 0.1) is 14.2 Å². The van der Waals surface area contributed by atoms with E-state index in [9.17, 15) is 0 Å². The van der Waals surface area contributed by atoms with Gasteiger partial charge < -0.3 is 9.47 Å². The summed E-state index contributed by atoms with van der Waals surface area (Å²) >= 11 is 5.66. The highest BCUT2D eigenvalue weighted by Crippen LogP contribution is 2.27. The van der Waals surface area contributed by atoms with Crippen LogP contribution in [0.5, 0.6) is 11.5 Å². The molecule has 0 aliphatic rings. The average Bonchev–Trinajstić information content (AvgIpc) is 2.29. The third kappa shape index (κ3) is 4.93. The second kappa shape index (κ2) is 8.42. The number of rotatable bonds is 3. The first kappa shape index (κ1) is 14.1. The Balaban J connectivity index is 0.000000583. The van der Waals surface area contributed by atoms with Crippen molar-refractivity contribution in [3.8, 4) is 11.5 Å². The number of benzene rings is 1. The molecule has 0 radical (unpaired) electrons. The molecule has 0 spiro atoms. The van der Waals surface area contributed by atoms with Gasteiger partial charge in [0.25, 0.3) is 0 Å². The SMILES string of the molecule is CCC.COc1ccc(CCl)cc1OC. The molecule has 0 heterocycles. The molecule has 0 fully saturated rings. The second-order valence-electron chi connectivity index (χ2n) is 3.03. The van der Waals surface area contributed by atoms with Crippen molar-refractivity contribution >= 4 is 11.6 Å². The Labute approximate surface area is 97.2 Å². The summed E-state index contributed by atoms with van der Waals surface area (Å²) < 4.78 is 10.2. The first-order valence-electron chi connectivity index (χ1n) is 5.00. The van der Waals surface area contributed by atoms with Gasteiger partial charge in [0.15, 0.2) is 11.5 Å². The Bertz CT molecular complexity index is 274. The maximum Gasteiger partial charge on any atom is 0.161 e. The van der Waals surface area contributed by atoms with Gasteiger partial charge in [-0.3, -0.25) is 0 Å². The minimum absolute atomic E-state index is 0.486. The summed E-state index contributed by atoms with van der Waals surface area (Å²) in [5.74, 6) is 1.93. The zero-order chi connectivity index (χ0) is 11.7. The lowest BCUT2D eigenvalue weighted by Crippen LogP contribution is -1.91. The quantitative estimate of drug-likeness (QED) is 0.735. The fourth-order valence-electron chi connectivity index (χ4n) is 0.964. The summed E-state index contributed by atoms with van der Waals surface area (Å²) in [6, 6.07) is 5.62. The fourth-order valence-corrected chi connectivity index (χ4v) is 1.13. The number of hydrogen-bond donors (Lipinski definition) is 0. The number of halogens is 1.